The minimum atomic E-state index is -4.88. The number of hydrogen-bond acceptors (Lipinski definition) is 5. The molecule has 0 saturated carbocycles. The van der Waals surface area contributed by atoms with Gasteiger partial charge in [0.1, 0.15) is 5.75 Å². The number of anilines is 2. The molecule has 0 fully saturated rings. The van der Waals surface area contributed by atoms with E-state index >= 15 is 0 Å². The van der Waals surface area contributed by atoms with Crippen molar-refractivity contribution in [3.8, 4) is 5.75 Å². The molecular weight excluding hydrogens is 241 g/mol. The summed E-state index contributed by atoms with van der Waals surface area (Å²) in [6.45, 7) is 0. The van der Waals surface area contributed by atoms with E-state index in [-0.39, 0.29) is 16.9 Å². The Balaban J connectivity index is 3.19. The van der Waals surface area contributed by atoms with Crippen LogP contribution in [-0.4, -0.2) is 19.4 Å². The fourth-order valence-corrected chi connectivity index (χ4v) is 1.12. The highest BCUT2D eigenvalue weighted by Crippen LogP contribution is 2.30. The normalized spacial score (nSPS) is 11.1. The van der Waals surface area contributed by atoms with Crippen molar-refractivity contribution in [1.82, 2.24) is 0 Å². The first-order chi connectivity index (χ1) is 7.74. The second kappa shape index (κ2) is 4.40. The molecule has 1 aromatic carbocycles. The summed E-state index contributed by atoms with van der Waals surface area (Å²) in [7, 11) is 1.06. The van der Waals surface area contributed by atoms with Crippen molar-refractivity contribution < 1.29 is 27.4 Å². The molecule has 0 spiro atoms. The van der Waals surface area contributed by atoms with Crippen molar-refractivity contribution in [3.05, 3.63) is 17.7 Å². The molecule has 1 rings (SSSR count). The van der Waals surface area contributed by atoms with Gasteiger partial charge in [0.05, 0.1) is 24.0 Å². The first kappa shape index (κ1) is 12.9. The average Bonchev–Trinajstić information content (AvgIpc) is 2.19. The third-order valence-electron chi connectivity index (χ3n) is 1.82. The van der Waals surface area contributed by atoms with Crippen molar-refractivity contribution in [2.45, 2.75) is 6.36 Å². The molecule has 0 heterocycles. The zero-order valence-corrected chi connectivity index (χ0v) is 8.67. The van der Waals surface area contributed by atoms with E-state index in [4.69, 9.17) is 11.5 Å². The molecule has 0 radical (unpaired) electrons. The molecule has 0 bridgehead atoms. The van der Waals surface area contributed by atoms with E-state index in [0.717, 1.165) is 19.2 Å². The number of benzene rings is 1. The van der Waals surface area contributed by atoms with Crippen LogP contribution in [0, 0.1) is 0 Å². The number of esters is 1. The molecule has 4 N–H and O–H groups in total. The van der Waals surface area contributed by atoms with Gasteiger partial charge >= 0.3 is 12.3 Å². The Morgan fingerprint density at radius 1 is 1.29 bits per heavy atom. The maximum atomic E-state index is 12.0. The Labute approximate surface area is 94.1 Å². The molecule has 0 aliphatic carbocycles. The predicted molar refractivity (Wildman–Crippen MR) is 53.3 cm³/mol. The monoisotopic (exact) mass is 250 g/mol. The molecule has 0 atom stereocenters. The van der Waals surface area contributed by atoms with Crippen LogP contribution in [0.15, 0.2) is 12.1 Å². The Kier molecular flexibility index (Phi) is 3.35. The summed E-state index contributed by atoms with van der Waals surface area (Å²) < 4.78 is 43.9. The largest absolute Gasteiger partial charge is 0.573 e. The van der Waals surface area contributed by atoms with Crippen LogP contribution in [0.4, 0.5) is 24.5 Å². The smallest absolute Gasteiger partial charge is 0.465 e. The van der Waals surface area contributed by atoms with Crippen LogP contribution in [0.5, 0.6) is 5.75 Å². The van der Waals surface area contributed by atoms with Crippen molar-refractivity contribution in [2.75, 3.05) is 18.6 Å². The summed E-state index contributed by atoms with van der Waals surface area (Å²) in [5.41, 5.74) is 10.1. The van der Waals surface area contributed by atoms with Crippen molar-refractivity contribution in [2.24, 2.45) is 0 Å². The van der Waals surface area contributed by atoms with Gasteiger partial charge in [0.25, 0.3) is 0 Å². The Morgan fingerprint density at radius 2 is 1.88 bits per heavy atom. The highest BCUT2D eigenvalue weighted by atomic mass is 19.4. The number of ether oxygens (including phenoxy) is 2. The lowest BCUT2D eigenvalue weighted by molar-refractivity contribution is -0.274. The summed E-state index contributed by atoms with van der Waals surface area (Å²) in [4.78, 5) is 11.2. The van der Waals surface area contributed by atoms with Gasteiger partial charge in [-0.1, -0.05) is 0 Å². The Hall–Kier alpha value is -2.12. The van der Waals surface area contributed by atoms with E-state index in [1.54, 1.807) is 0 Å². The number of nitrogen functional groups attached to an aromatic ring is 2. The van der Waals surface area contributed by atoms with E-state index in [0.29, 0.717) is 0 Å². The summed E-state index contributed by atoms with van der Waals surface area (Å²) in [6, 6.07) is 1.68. The van der Waals surface area contributed by atoms with E-state index in [1.807, 2.05) is 0 Å². The van der Waals surface area contributed by atoms with Crippen LogP contribution in [0.2, 0.25) is 0 Å². The molecule has 0 unspecified atom stereocenters. The number of carbonyl (C=O) groups excluding carboxylic acids is 1. The molecule has 5 nitrogen and oxygen atoms in total. The molecule has 0 aliphatic heterocycles. The van der Waals surface area contributed by atoms with Crippen LogP contribution in [0.3, 0.4) is 0 Å². The summed E-state index contributed by atoms with van der Waals surface area (Å²) in [5.74, 6) is -1.54. The lowest BCUT2D eigenvalue weighted by atomic mass is 10.1. The molecule has 0 amide bonds. The topological polar surface area (TPSA) is 87.6 Å². The Bertz CT molecular complexity index is 446. The molecule has 1 aromatic rings. The molecule has 17 heavy (non-hydrogen) atoms. The fraction of sp³-hybridized carbons (Fsp3) is 0.222. The van der Waals surface area contributed by atoms with Crippen molar-refractivity contribution in [3.63, 3.8) is 0 Å². The average molecular weight is 250 g/mol. The van der Waals surface area contributed by atoms with Crippen LogP contribution >= 0.6 is 0 Å². The highest BCUT2D eigenvalue weighted by molar-refractivity contribution is 5.98. The zero-order valence-electron chi connectivity index (χ0n) is 8.67. The van der Waals surface area contributed by atoms with Gasteiger partial charge in [0.15, 0.2) is 0 Å². The number of carbonyl (C=O) groups is 1. The van der Waals surface area contributed by atoms with Crippen LogP contribution in [0.25, 0.3) is 0 Å². The van der Waals surface area contributed by atoms with Gasteiger partial charge < -0.3 is 20.9 Å². The second-order valence-electron chi connectivity index (χ2n) is 3.01. The predicted octanol–water partition coefficient (Wildman–Crippen LogP) is 1.54. The van der Waals surface area contributed by atoms with Crippen molar-refractivity contribution >= 4 is 17.3 Å². The molecule has 0 aliphatic rings. The van der Waals surface area contributed by atoms with Gasteiger partial charge in [-0.3, -0.25) is 0 Å². The van der Waals surface area contributed by atoms with Crippen LogP contribution in [-0.2, 0) is 4.74 Å². The number of hydrogen-bond donors (Lipinski definition) is 2. The van der Waals surface area contributed by atoms with E-state index < -0.39 is 18.1 Å². The number of rotatable bonds is 2. The van der Waals surface area contributed by atoms with Gasteiger partial charge in [-0.05, 0) is 6.07 Å². The van der Waals surface area contributed by atoms with Crippen molar-refractivity contribution in [1.29, 1.82) is 0 Å². The minimum absolute atomic E-state index is 0.161. The van der Waals surface area contributed by atoms with Gasteiger partial charge in [-0.2, -0.15) is 0 Å². The lowest BCUT2D eigenvalue weighted by Gasteiger charge is -2.12. The van der Waals surface area contributed by atoms with Gasteiger partial charge in [0, 0.05) is 6.07 Å². The van der Waals surface area contributed by atoms with Crippen LogP contribution < -0.4 is 16.2 Å². The Morgan fingerprint density at radius 3 is 2.35 bits per heavy atom. The lowest BCUT2D eigenvalue weighted by Crippen LogP contribution is -2.18. The first-order valence-corrected chi connectivity index (χ1v) is 4.27. The van der Waals surface area contributed by atoms with E-state index in [1.165, 1.54) is 0 Å². The summed E-state index contributed by atoms with van der Waals surface area (Å²) in [5, 5.41) is 0. The molecule has 0 saturated heterocycles. The van der Waals surface area contributed by atoms with Gasteiger partial charge in [0.2, 0.25) is 0 Å². The third kappa shape index (κ3) is 3.16. The third-order valence-corrected chi connectivity index (χ3v) is 1.82. The standard InChI is InChI=1S/C9H9F3N2O3/c1-16-8(15)5-2-4(17-9(10,11)12)3-6(13)7(5)14/h2-3H,13-14H2,1H3. The minimum Gasteiger partial charge on any atom is -0.465 e. The second-order valence-corrected chi connectivity index (χ2v) is 3.01. The van der Waals surface area contributed by atoms with E-state index in [9.17, 15) is 18.0 Å². The molecular formula is C9H9F3N2O3. The first-order valence-electron chi connectivity index (χ1n) is 4.27. The van der Waals surface area contributed by atoms with Crippen LogP contribution in [0.1, 0.15) is 10.4 Å². The van der Waals surface area contributed by atoms with Gasteiger partial charge in [-0.15, -0.1) is 13.2 Å². The number of methoxy groups -OCH3 is 1. The molecule has 94 valence electrons. The fourth-order valence-electron chi connectivity index (χ4n) is 1.12. The SMILES string of the molecule is COC(=O)c1cc(OC(F)(F)F)cc(N)c1N. The number of nitrogens with two attached hydrogens (primary N) is 2. The molecule has 0 aromatic heterocycles. The maximum absolute atomic E-state index is 12.0. The van der Waals surface area contributed by atoms with Gasteiger partial charge in [-0.25, -0.2) is 4.79 Å². The van der Waals surface area contributed by atoms with E-state index in [2.05, 4.69) is 9.47 Å². The zero-order chi connectivity index (χ0) is 13.2. The highest BCUT2D eigenvalue weighted by Gasteiger charge is 2.32. The summed E-state index contributed by atoms with van der Waals surface area (Å²) in [6.07, 6.45) is -4.88. The number of halogens is 3. The maximum Gasteiger partial charge on any atom is 0.573 e. The quantitative estimate of drug-likeness (QED) is 0.614. The summed E-state index contributed by atoms with van der Waals surface area (Å²) >= 11 is 0. The number of alkyl halides is 3. The molecule has 8 heteroatoms.